The molecule has 3 rings (SSSR count). The van der Waals surface area contributed by atoms with Gasteiger partial charge in [0.25, 0.3) is 5.91 Å². The molecule has 0 unspecified atom stereocenters. The van der Waals surface area contributed by atoms with E-state index in [4.69, 9.17) is 0 Å². The number of sulfonamides is 1. The van der Waals surface area contributed by atoms with Crippen molar-refractivity contribution >= 4 is 21.6 Å². The molecule has 1 saturated carbocycles. The molecule has 0 atom stereocenters. The molecular formula is C20H23FN2O3S. The van der Waals surface area contributed by atoms with Crippen LogP contribution < -0.4 is 9.62 Å². The molecule has 0 aromatic heterocycles. The number of anilines is 1. The highest BCUT2D eigenvalue weighted by molar-refractivity contribution is 7.92. The molecule has 1 aliphatic rings. The van der Waals surface area contributed by atoms with Crippen LogP contribution in [0.5, 0.6) is 0 Å². The number of carbonyl (C=O) groups excluding carboxylic acids is 1. The number of rotatable bonds is 6. The first-order chi connectivity index (χ1) is 12.8. The zero-order valence-electron chi connectivity index (χ0n) is 15.2. The topological polar surface area (TPSA) is 66.5 Å². The van der Waals surface area contributed by atoms with Crippen molar-refractivity contribution in [3.05, 3.63) is 65.5 Å². The molecule has 1 N–H and O–H groups in total. The van der Waals surface area contributed by atoms with Gasteiger partial charge in [0, 0.05) is 17.2 Å². The predicted molar refractivity (Wildman–Crippen MR) is 104 cm³/mol. The first kappa shape index (κ1) is 19.4. The Balaban J connectivity index is 1.79. The van der Waals surface area contributed by atoms with Gasteiger partial charge in [0.2, 0.25) is 10.0 Å². The van der Waals surface area contributed by atoms with E-state index >= 15 is 0 Å². The van der Waals surface area contributed by atoms with Crippen molar-refractivity contribution in [3.63, 3.8) is 0 Å². The van der Waals surface area contributed by atoms with E-state index in [1.807, 2.05) is 0 Å². The highest BCUT2D eigenvalue weighted by Crippen LogP contribution is 2.23. The van der Waals surface area contributed by atoms with Crippen LogP contribution in [0, 0.1) is 5.82 Å². The van der Waals surface area contributed by atoms with Crippen LogP contribution in [0.4, 0.5) is 10.1 Å². The molecule has 7 heteroatoms. The van der Waals surface area contributed by atoms with E-state index in [0.717, 1.165) is 36.2 Å². The summed E-state index contributed by atoms with van der Waals surface area (Å²) >= 11 is 0. The maximum Gasteiger partial charge on any atom is 0.251 e. The molecule has 2 aromatic rings. The minimum absolute atomic E-state index is 0.112. The summed E-state index contributed by atoms with van der Waals surface area (Å²) in [6, 6.07) is 12.6. The standard InChI is InChI=1S/C20H23FN2O3S/c1-27(25,26)23(14-16-6-2-5-9-19(16)21)18-12-10-15(11-13-18)20(24)22-17-7-3-4-8-17/h2,5-6,9-13,17H,3-4,7-8,14H2,1H3,(H,22,24). The number of nitrogens with zero attached hydrogens (tertiary/aromatic N) is 1. The molecule has 27 heavy (non-hydrogen) atoms. The zero-order valence-corrected chi connectivity index (χ0v) is 16.0. The van der Waals surface area contributed by atoms with E-state index in [2.05, 4.69) is 5.32 Å². The average Bonchev–Trinajstić information content (AvgIpc) is 3.13. The van der Waals surface area contributed by atoms with Gasteiger partial charge >= 0.3 is 0 Å². The largest absolute Gasteiger partial charge is 0.349 e. The van der Waals surface area contributed by atoms with E-state index in [1.165, 1.54) is 6.07 Å². The summed E-state index contributed by atoms with van der Waals surface area (Å²) in [7, 11) is -3.62. The molecule has 1 aliphatic carbocycles. The number of carbonyl (C=O) groups is 1. The fraction of sp³-hybridized carbons (Fsp3) is 0.350. The third kappa shape index (κ3) is 4.86. The van der Waals surface area contributed by atoms with Crippen molar-refractivity contribution < 1.29 is 17.6 Å². The summed E-state index contributed by atoms with van der Waals surface area (Å²) < 4.78 is 39.5. The van der Waals surface area contributed by atoms with Gasteiger partial charge in [-0.3, -0.25) is 9.10 Å². The number of hydrogen-bond acceptors (Lipinski definition) is 3. The van der Waals surface area contributed by atoms with Crippen molar-refractivity contribution in [1.82, 2.24) is 5.32 Å². The lowest BCUT2D eigenvalue weighted by molar-refractivity contribution is 0.0938. The van der Waals surface area contributed by atoms with E-state index in [1.54, 1.807) is 42.5 Å². The molecule has 2 aromatic carbocycles. The fourth-order valence-electron chi connectivity index (χ4n) is 3.30. The molecule has 0 bridgehead atoms. The maximum absolute atomic E-state index is 13.9. The molecule has 0 spiro atoms. The molecule has 144 valence electrons. The Morgan fingerprint density at radius 1 is 1.11 bits per heavy atom. The van der Waals surface area contributed by atoms with Crippen molar-refractivity contribution in [3.8, 4) is 0 Å². The molecule has 0 aliphatic heterocycles. The van der Waals surface area contributed by atoms with Crippen LogP contribution in [0.1, 0.15) is 41.6 Å². The van der Waals surface area contributed by atoms with Gasteiger partial charge < -0.3 is 5.32 Å². The van der Waals surface area contributed by atoms with Crippen LogP contribution in [-0.2, 0) is 16.6 Å². The molecule has 5 nitrogen and oxygen atoms in total. The Kier molecular flexibility index (Phi) is 5.79. The first-order valence-corrected chi connectivity index (χ1v) is 10.8. The minimum atomic E-state index is -3.62. The van der Waals surface area contributed by atoms with Crippen molar-refractivity contribution in [2.45, 2.75) is 38.3 Å². The van der Waals surface area contributed by atoms with Crippen LogP contribution >= 0.6 is 0 Å². The second-order valence-corrected chi connectivity index (χ2v) is 8.77. The first-order valence-electron chi connectivity index (χ1n) is 8.96. The van der Waals surface area contributed by atoms with Gasteiger partial charge in [0.15, 0.2) is 0 Å². The van der Waals surface area contributed by atoms with Crippen molar-refractivity contribution in [1.29, 1.82) is 0 Å². The maximum atomic E-state index is 13.9. The molecule has 0 radical (unpaired) electrons. The molecule has 0 saturated heterocycles. The average molecular weight is 390 g/mol. The highest BCUT2D eigenvalue weighted by atomic mass is 32.2. The van der Waals surface area contributed by atoms with Crippen LogP contribution in [0.2, 0.25) is 0 Å². The lowest BCUT2D eigenvalue weighted by Crippen LogP contribution is -2.32. The normalized spacial score (nSPS) is 14.9. The monoisotopic (exact) mass is 390 g/mol. The van der Waals surface area contributed by atoms with Crippen LogP contribution in [0.15, 0.2) is 48.5 Å². The quantitative estimate of drug-likeness (QED) is 0.821. The summed E-state index contributed by atoms with van der Waals surface area (Å²) in [4.78, 5) is 12.3. The number of amides is 1. The molecule has 1 fully saturated rings. The van der Waals surface area contributed by atoms with Crippen LogP contribution in [0.3, 0.4) is 0 Å². The molecule has 1 amide bonds. The Bertz CT molecular complexity index is 907. The minimum Gasteiger partial charge on any atom is -0.349 e. The number of benzene rings is 2. The Morgan fingerprint density at radius 3 is 2.33 bits per heavy atom. The third-order valence-corrected chi connectivity index (χ3v) is 5.92. The van der Waals surface area contributed by atoms with E-state index in [9.17, 15) is 17.6 Å². The summed E-state index contributed by atoms with van der Waals surface area (Å²) in [6.07, 6.45) is 5.32. The Hall–Kier alpha value is -2.41. The number of hydrogen-bond donors (Lipinski definition) is 1. The van der Waals surface area contributed by atoms with Crippen molar-refractivity contribution in [2.75, 3.05) is 10.6 Å². The Labute approximate surface area is 159 Å². The van der Waals surface area contributed by atoms with Gasteiger partial charge in [-0.15, -0.1) is 0 Å². The predicted octanol–water partition coefficient (Wildman–Crippen LogP) is 3.46. The fourth-order valence-corrected chi connectivity index (χ4v) is 4.18. The van der Waals surface area contributed by atoms with Crippen LogP contribution in [0.25, 0.3) is 0 Å². The summed E-state index contributed by atoms with van der Waals surface area (Å²) in [5.41, 5.74) is 1.15. The summed E-state index contributed by atoms with van der Waals surface area (Å²) in [5, 5.41) is 3.00. The second kappa shape index (κ2) is 8.08. The van der Waals surface area contributed by atoms with Crippen LogP contribution in [-0.4, -0.2) is 26.6 Å². The van der Waals surface area contributed by atoms with Gasteiger partial charge in [-0.05, 0) is 43.2 Å². The van der Waals surface area contributed by atoms with Gasteiger partial charge in [-0.2, -0.15) is 0 Å². The summed E-state index contributed by atoms with van der Waals surface area (Å²) in [5.74, 6) is -0.618. The SMILES string of the molecule is CS(=O)(=O)N(Cc1ccccc1F)c1ccc(C(=O)NC2CCCC2)cc1. The van der Waals surface area contributed by atoms with E-state index in [-0.39, 0.29) is 24.1 Å². The van der Waals surface area contributed by atoms with Gasteiger partial charge in [-0.25, -0.2) is 12.8 Å². The van der Waals surface area contributed by atoms with Gasteiger partial charge in [0.05, 0.1) is 18.5 Å². The number of nitrogens with one attached hydrogen (secondary N) is 1. The van der Waals surface area contributed by atoms with Gasteiger partial charge in [0.1, 0.15) is 5.82 Å². The number of halogens is 1. The van der Waals surface area contributed by atoms with E-state index < -0.39 is 15.8 Å². The molecular weight excluding hydrogens is 367 g/mol. The smallest absolute Gasteiger partial charge is 0.251 e. The van der Waals surface area contributed by atoms with Gasteiger partial charge in [-0.1, -0.05) is 31.0 Å². The third-order valence-electron chi connectivity index (χ3n) is 4.78. The lowest BCUT2D eigenvalue weighted by atomic mass is 10.1. The molecule has 0 heterocycles. The Morgan fingerprint density at radius 2 is 1.74 bits per heavy atom. The lowest BCUT2D eigenvalue weighted by Gasteiger charge is -2.23. The van der Waals surface area contributed by atoms with E-state index in [0.29, 0.717) is 11.3 Å². The zero-order chi connectivity index (χ0) is 19.4. The summed E-state index contributed by atoms with van der Waals surface area (Å²) in [6.45, 7) is -0.112. The second-order valence-electron chi connectivity index (χ2n) is 6.86. The van der Waals surface area contributed by atoms with Crippen molar-refractivity contribution in [2.24, 2.45) is 0 Å². The highest BCUT2D eigenvalue weighted by Gasteiger charge is 2.21.